The SMILES string of the molecule is COc1cc(/C=N\NC(=O)C(=O)Nc2cccc(C)c2C)ccc1OCC(=O)Nc1ccccc1C. The molecule has 3 N–H and O–H groups in total. The third kappa shape index (κ3) is 6.92. The average molecular weight is 489 g/mol. The summed E-state index contributed by atoms with van der Waals surface area (Å²) in [6.45, 7) is 5.47. The fourth-order valence-electron chi connectivity index (χ4n) is 3.21. The monoisotopic (exact) mass is 488 g/mol. The lowest BCUT2D eigenvalue weighted by Crippen LogP contribution is -2.32. The number of nitrogens with zero attached hydrogens (tertiary/aromatic N) is 1. The minimum atomic E-state index is -0.904. The van der Waals surface area contributed by atoms with E-state index in [2.05, 4.69) is 21.2 Å². The maximum absolute atomic E-state index is 12.2. The van der Waals surface area contributed by atoms with Gasteiger partial charge in [0, 0.05) is 11.4 Å². The Morgan fingerprint density at radius 2 is 1.56 bits per heavy atom. The van der Waals surface area contributed by atoms with E-state index in [1.54, 1.807) is 30.3 Å². The molecule has 9 nitrogen and oxygen atoms in total. The predicted molar refractivity (Wildman–Crippen MR) is 139 cm³/mol. The van der Waals surface area contributed by atoms with Crippen LogP contribution in [0.1, 0.15) is 22.3 Å². The van der Waals surface area contributed by atoms with E-state index in [4.69, 9.17) is 9.47 Å². The van der Waals surface area contributed by atoms with Crippen molar-refractivity contribution >= 4 is 35.3 Å². The van der Waals surface area contributed by atoms with Gasteiger partial charge in [-0.1, -0.05) is 30.3 Å². The van der Waals surface area contributed by atoms with Crippen molar-refractivity contribution in [3.05, 3.63) is 82.9 Å². The van der Waals surface area contributed by atoms with Gasteiger partial charge in [0.05, 0.1) is 13.3 Å². The maximum Gasteiger partial charge on any atom is 0.329 e. The molecule has 0 aromatic heterocycles. The van der Waals surface area contributed by atoms with Crippen LogP contribution >= 0.6 is 0 Å². The molecule has 0 bridgehead atoms. The number of para-hydroxylation sites is 1. The summed E-state index contributed by atoms with van der Waals surface area (Å²) >= 11 is 0. The Kier molecular flexibility index (Phi) is 8.77. The van der Waals surface area contributed by atoms with E-state index in [9.17, 15) is 14.4 Å². The predicted octanol–water partition coefficient (Wildman–Crippen LogP) is 3.73. The molecule has 3 amide bonds. The van der Waals surface area contributed by atoms with E-state index in [1.807, 2.05) is 51.1 Å². The number of methoxy groups -OCH3 is 1. The number of ether oxygens (including phenoxy) is 2. The summed E-state index contributed by atoms with van der Waals surface area (Å²) in [4.78, 5) is 36.5. The van der Waals surface area contributed by atoms with Gasteiger partial charge in [0.2, 0.25) is 0 Å². The topological polar surface area (TPSA) is 118 Å². The molecule has 0 aliphatic heterocycles. The number of carbonyl (C=O) groups excluding carboxylic acids is 3. The zero-order chi connectivity index (χ0) is 26.1. The number of amides is 3. The van der Waals surface area contributed by atoms with Gasteiger partial charge < -0.3 is 20.1 Å². The Bertz CT molecular complexity index is 1300. The number of hydrogen-bond acceptors (Lipinski definition) is 6. The third-order valence-electron chi connectivity index (χ3n) is 5.40. The lowest BCUT2D eigenvalue weighted by molar-refractivity contribution is -0.136. The summed E-state index contributed by atoms with van der Waals surface area (Å²) < 4.78 is 10.9. The first-order valence-electron chi connectivity index (χ1n) is 11.2. The number of hydrazone groups is 1. The van der Waals surface area contributed by atoms with Crippen molar-refractivity contribution in [2.75, 3.05) is 24.4 Å². The van der Waals surface area contributed by atoms with E-state index in [0.717, 1.165) is 22.4 Å². The summed E-state index contributed by atoms with van der Waals surface area (Å²) in [5.74, 6) is -1.29. The smallest absolute Gasteiger partial charge is 0.329 e. The van der Waals surface area contributed by atoms with Crippen molar-refractivity contribution < 1.29 is 23.9 Å². The number of aryl methyl sites for hydroxylation is 2. The highest BCUT2D eigenvalue weighted by molar-refractivity contribution is 6.39. The lowest BCUT2D eigenvalue weighted by Gasteiger charge is -2.12. The Morgan fingerprint density at radius 3 is 2.31 bits per heavy atom. The molecule has 0 radical (unpaired) electrons. The van der Waals surface area contributed by atoms with Crippen molar-refractivity contribution in [1.29, 1.82) is 0 Å². The van der Waals surface area contributed by atoms with Gasteiger partial charge in [-0.15, -0.1) is 0 Å². The molecular formula is C27H28N4O5. The summed E-state index contributed by atoms with van der Waals surface area (Å²) in [7, 11) is 1.47. The highest BCUT2D eigenvalue weighted by Crippen LogP contribution is 2.27. The molecule has 186 valence electrons. The molecule has 3 aromatic carbocycles. The molecule has 0 saturated carbocycles. The molecule has 0 aliphatic carbocycles. The molecule has 0 saturated heterocycles. The van der Waals surface area contributed by atoms with Crippen molar-refractivity contribution in [2.24, 2.45) is 5.10 Å². The van der Waals surface area contributed by atoms with Crippen molar-refractivity contribution in [1.82, 2.24) is 5.43 Å². The normalized spacial score (nSPS) is 10.6. The minimum Gasteiger partial charge on any atom is -0.493 e. The van der Waals surface area contributed by atoms with Crippen LogP contribution in [0.25, 0.3) is 0 Å². The van der Waals surface area contributed by atoms with E-state index in [-0.39, 0.29) is 12.5 Å². The standard InChI is InChI=1S/C27H28N4O5/c1-17-9-7-11-22(19(17)3)30-26(33)27(34)31-28-15-20-12-13-23(24(14-20)35-4)36-16-25(32)29-21-10-6-5-8-18(21)2/h5-15H,16H2,1-4H3,(H,29,32)(H,30,33)(H,31,34)/b28-15-. The van der Waals surface area contributed by atoms with E-state index < -0.39 is 11.8 Å². The molecule has 0 fully saturated rings. The van der Waals surface area contributed by atoms with Crippen molar-refractivity contribution in [3.8, 4) is 11.5 Å². The molecule has 0 unspecified atom stereocenters. The van der Waals surface area contributed by atoms with Crippen LogP contribution in [-0.2, 0) is 14.4 Å². The van der Waals surface area contributed by atoms with Crippen LogP contribution in [0.2, 0.25) is 0 Å². The first kappa shape index (κ1) is 26.0. The minimum absolute atomic E-state index is 0.205. The second-order valence-corrected chi connectivity index (χ2v) is 7.96. The maximum atomic E-state index is 12.2. The number of nitrogens with one attached hydrogen (secondary N) is 3. The number of carbonyl (C=O) groups is 3. The highest BCUT2D eigenvalue weighted by Gasteiger charge is 2.14. The Labute approximate surface area is 209 Å². The molecule has 0 aliphatic rings. The highest BCUT2D eigenvalue weighted by atomic mass is 16.5. The molecule has 9 heteroatoms. The van der Waals surface area contributed by atoms with Gasteiger partial charge in [0.1, 0.15) is 0 Å². The van der Waals surface area contributed by atoms with Gasteiger partial charge in [-0.2, -0.15) is 5.10 Å². The second kappa shape index (κ2) is 12.2. The third-order valence-corrected chi connectivity index (χ3v) is 5.40. The number of anilines is 2. The van der Waals surface area contributed by atoms with Crippen LogP contribution in [0.5, 0.6) is 11.5 Å². The van der Waals surface area contributed by atoms with Gasteiger partial charge in [-0.25, -0.2) is 5.43 Å². The summed E-state index contributed by atoms with van der Waals surface area (Å²) in [5, 5.41) is 9.20. The average Bonchev–Trinajstić information content (AvgIpc) is 2.87. The molecule has 3 aromatic rings. The van der Waals surface area contributed by atoms with Crippen LogP contribution in [-0.4, -0.2) is 37.7 Å². The molecule has 0 spiro atoms. The van der Waals surface area contributed by atoms with Crippen LogP contribution < -0.4 is 25.5 Å². The van der Waals surface area contributed by atoms with E-state index in [0.29, 0.717) is 22.7 Å². The summed E-state index contributed by atoms with van der Waals surface area (Å²) in [6.07, 6.45) is 1.36. The number of hydrogen-bond donors (Lipinski definition) is 3. The molecule has 36 heavy (non-hydrogen) atoms. The first-order chi connectivity index (χ1) is 17.3. The van der Waals surface area contributed by atoms with Crippen LogP contribution in [0, 0.1) is 20.8 Å². The van der Waals surface area contributed by atoms with Gasteiger partial charge in [0.15, 0.2) is 18.1 Å². The largest absolute Gasteiger partial charge is 0.493 e. The van der Waals surface area contributed by atoms with Crippen molar-refractivity contribution in [2.45, 2.75) is 20.8 Å². The van der Waals surface area contributed by atoms with Gasteiger partial charge in [-0.05, 0) is 73.4 Å². The van der Waals surface area contributed by atoms with Gasteiger partial charge in [-0.3, -0.25) is 14.4 Å². The zero-order valence-corrected chi connectivity index (χ0v) is 20.5. The van der Waals surface area contributed by atoms with E-state index >= 15 is 0 Å². The zero-order valence-electron chi connectivity index (χ0n) is 20.5. The first-order valence-corrected chi connectivity index (χ1v) is 11.2. The second-order valence-electron chi connectivity index (χ2n) is 7.96. The summed E-state index contributed by atoms with van der Waals surface area (Å²) in [6, 6.07) is 17.8. The van der Waals surface area contributed by atoms with Gasteiger partial charge in [0.25, 0.3) is 5.91 Å². The lowest BCUT2D eigenvalue weighted by atomic mass is 10.1. The molecular weight excluding hydrogens is 460 g/mol. The van der Waals surface area contributed by atoms with E-state index in [1.165, 1.54) is 13.3 Å². The summed E-state index contributed by atoms with van der Waals surface area (Å²) in [5.41, 5.74) is 6.88. The Balaban J connectivity index is 1.54. The molecule has 0 atom stereocenters. The van der Waals surface area contributed by atoms with Crippen LogP contribution in [0.3, 0.4) is 0 Å². The fraction of sp³-hybridized carbons (Fsp3) is 0.185. The van der Waals surface area contributed by atoms with Gasteiger partial charge >= 0.3 is 11.8 Å². The Morgan fingerprint density at radius 1 is 0.833 bits per heavy atom. The van der Waals surface area contributed by atoms with Crippen molar-refractivity contribution in [3.63, 3.8) is 0 Å². The molecule has 0 heterocycles. The quantitative estimate of drug-likeness (QED) is 0.254. The number of rotatable bonds is 8. The van der Waals surface area contributed by atoms with Crippen LogP contribution in [0.4, 0.5) is 11.4 Å². The fourth-order valence-corrected chi connectivity index (χ4v) is 3.21. The Hall–Kier alpha value is -4.66. The van der Waals surface area contributed by atoms with Crippen LogP contribution in [0.15, 0.2) is 65.8 Å². The molecule has 3 rings (SSSR count). The number of benzene rings is 3.